The fourth-order valence-electron chi connectivity index (χ4n) is 4.15. The first-order valence-electron chi connectivity index (χ1n) is 9.28. The van der Waals surface area contributed by atoms with E-state index >= 15 is 0 Å². The first-order valence-corrected chi connectivity index (χ1v) is 9.66. The molecule has 0 bridgehead atoms. The number of halogens is 1. The Morgan fingerprint density at radius 2 is 2.15 bits per heavy atom. The molecule has 0 N–H and O–H groups in total. The average molecular weight is 381 g/mol. The number of carbonyl (C=O) groups excluding carboxylic acids is 1. The third-order valence-corrected chi connectivity index (χ3v) is 5.56. The molecular weight excluding hydrogens is 360 g/mol. The lowest BCUT2D eigenvalue weighted by Gasteiger charge is -2.37. The highest BCUT2D eigenvalue weighted by Gasteiger charge is 2.35. The second-order valence-electron chi connectivity index (χ2n) is 6.88. The summed E-state index contributed by atoms with van der Waals surface area (Å²) in [5, 5.41) is 2.41. The highest BCUT2D eigenvalue weighted by atomic mass is 35.5. The number of piperidine rings is 1. The van der Waals surface area contributed by atoms with Crippen molar-refractivity contribution >= 4 is 29.7 Å². The Bertz CT molecular complexity index is 934. The van der Waals surface area contributed by atoms with Gasteiger partial charge in [0.25, 0.3) is 0 Å². The van der Waals surface area contributed by atoms with E-state index in [1.165, 1.54) is 5.56 Å². The molecule has 1 aliphatic heterocycles. The Kier molecular flexibility index (Phi) is 5.13. The average Bonchev–Trinajstić information content (AvgIpc) is 2.85. The fourth-order valence-corrected chi connectivity index (χ4v) is 4.33. The van der Waals surface area contributed by atoms with Gasteiger partial charge in [-0.25, -0.2) is 9.86 Å². The number of allylic oxidation sites excluding steroid dienone is 1. The summed E-state index contributed by atoms with van der Waals surface area (Å²) in [6.07, 6.45) is 7.57. The van der Waals surface area contributed by atoms with Gasteiger partial charge in [-0.1, -0.05) is 35.9 Å². The molecule has 1 fully saturated rings. The molecule has 1 aromatic carbocycles. The van der Waals surface area contributed by atoms with Crippen molar-refractivity contribution in [2.45, 2.75) is 25.7 Å². The van der Waals surface area contributed by atoms with Gasteiger partial charge in [0.1, 0.15) is 11.6 Å². The van der Waals surface area contributed by atoms with Gasteiger partial charge in [-0.3, -0.25) is 9.82 Å². The molecule has 4 rings (SSSR count). The summed E-state index contributed by atoms with van der Waals surface area (Å²) < 4.78 is 0. The van der Waals surface area contributed by atoms with Crippen LogP contribution in [0.5, 0.6) is 0 Å². The molecule has 0 spiro atoms. The Morgan fingerprint density at radius 1 is 1.30 bits per heavy atom. The summed E-state index contributed by atoms with van der Waals surface area (Å²) in [6.45, 7) is 3.14. The van der Waals surface area contributed by atoms with Crippen LogP contribution in [0, 0.1) is 5.92 Å². The molecular formula is C22H21ClN2O2. The summed E-state index contributed by atoms with van der Waals surface area (Å²) >= 11 is 6.25. The smallest absolute Gasteiger partial charge is 0.148 e. The second-order valence-corrected chi connectivity index (χ2v) is 7.32. The summed E-state index contributed by atoms with van der Waals surface area (Å²) in [7, 11) is 0. The van der Waals surface area contributed by atoms with Crippen molar-refractivity contribution in [3.05, 3.63) is 69.6 Å². The van der Waals surface area contributed by atoms with Crippen LogP contribution in [0.3, 0.4) is 0 Å². The topological polar surface area (TPSA) is 42.4 Å². The molecule has 2 atom stereocenters. The van der Waals surface area contributed by atoms with Gasteiger partial charge in [-0.15, -0.1) is 0 Å². The molecule has 2 unspecified atom stereocenters. The number of rotatable bonds is 3. The van der Waals surface area contributed by atoms with Crippen molar-refractivity contribution in [3.8, 4) is 0 Å². The monoisotopic (exact) mass is 380 g/mol. The highest BCUT2D eigenvalue weighted by molar-refractivity contribution is 6.30. The molecule has 4 nitrogen and oxygen atoms in total. The van der Waals surface area contributed by atoms with Crippen LogP contribution in [-0.2, 0) is 9.63 Å². The van der Waals surface area contributed by atoms with Gasteiger partial charge in [-0.2, -0.15) is 0 Å². The number of nitrogens with zero attached hydrogens (tertiary/aromatic N) is 2. The Hall–Kier alpha value is -2.39. The van der Waals surface area contributed by atoms with Crippen LogP contribution >= 0.6 is 11.6 Å². The van der Waals surface area contributed by atoms with E-state index < -0.39 is 0 Å². The molecule has 2 heterocycles. The third-order valence-electron chi connectivity index (χ3n) is 5.33. The van der Waals surface area contributed by atoms with E-state index in [1.54, 1.807) is 5.06 Å². The van der Waals surface area contributed by atoms with Crippen LogP contribution in [0.2, 0.25) is 5.02 Å². The van der Waals surface area contributed by atoms with Crippen LogP contribution in [0.1, 0.15) is 48.1 Å². The van der Waals surface area contributed by atoms with Crippen LogP contribution < -0.4 is 0 Å². The van der Waals surface area contributed by atoms with Crippen molar-refractivity contribution in [2.24, 2.45) is 5.92 Å². The van der Waals surface area contributed by atoms with Gasteiger partial charge in [0.05, 0.1) is 12.3 Å². The first-order chi connectivity index (χ1) is 13.2. The maximum atomic E-state index is 11.5. The minimum Gasteiger partial charge on any atom is -0.273 e. The van der Waals surface area contributed by atoms with E-state index in [9.17, 15) is 4.79 Å². The van der Waals surface area contributed by atoms with Gasteiger partial charge in [0.15, 0.2) is 0 Å². The number of pyridine rings is 1. The van der Waals surface area contributed by atoms with Crippen molar-refractivity contribution in [1.29, 1.82) is 0 Å². The van der Waals surface area contributed by atoms with Crippen LogP contribution in [0.4, 0.5) is 0 Å². The number of hydroxylamine groups is 2. The van der Waals surface area contributed by atoms with Gasteiger partial charge >= 0.3 is 0 Å². The fraction of sp³-hybridized carbons (Fsp3) is 0.318. The van der Waals surface area contributed by atoms with Gasteiger partial charge in [0, 0.05) is 30.1 Å². The third kappa shape index (κ3) is 3.44. The summed E-state index contributed by atoms with van der Waals surface area (Å²) in [5.74, 6) is 2.43. The summed E-state index contributed by atoms with van der Waals surface area (Å²) in [5.41, 5.74) is 5.05. The van der Waals surface area contributed by atoms with E-state index in [2.05, 4.69) is 30.2 Å². The summed E-state index contributed by atoms with van der Waals surface area (Å²) in [6, 6.07) is 10.1. The molecule has 1 aliphatic carbocycles. The van der Waals surface area contributed by atoms with E-state index in [1.807, 2.05) is 31.3 Å². The van der Waals surface area contributed by atoms with Gasteiger partial charge in [-0.05, 0) is 54.2 Å². The van der Waals surface area contributed by atoms with E-state index in [-0.39, 0.29) is 11.8 Å². The zero-order chi connectivity index (χ0) is 18.8. The molecule has 1 aromatic heterocycles. The Balaban J connectivity index is 1.78. The minimum atomic E-state index is 0.0931. The maximum Gasteiger partial charge on any atom is 0.148 e. The predicted molar refractivity (Wildman–Crippen MR) is 107 cm³/mol. The standard InChI is InChI=1S/C22H21ClN2O2/c1-2-27-25-11-9-17(13-19(25)14-26)21-20-8-7-18(23)12-16(20)6-5-15-4-3-10-24-22(15)21/h3-8,10,12,17,21H,2,9,11,13H2,1H3. The molecule has 5 heteroatoms. The Morgan fingerprint density at radius 3 is 2.96 bits per heavy atom. The molecule has 0 amide bonds. The lowest BCUT2D eigenvalue weighted by Crippen LogP contribution is -2.35. The van der Waals surface area contributed by atoms with Crippen molar-refractivity contribution < 1.29 is 9.63 Å². The Labute approximate surface area is 164 Å². The molecule has 2 aromatic rings. The lowest BCUT2D eigenvalue weighted by molar-refractivity contribution is -0.140. The number of benzene rings is 1. The lowest BCUT2D eigenvalue weighted by atomic mass is 9.76. The van der Waals surface area contributed by atoms with E-state index in [0.717, 1.165) is 28.3 Å². The van der Waals surface area contributed by atoms with Crippen molar-refractivity contribution in [2.75, 3.05) is 13.2 Å². The maximum absolute atomic E-state index is 11.5. The molecule has 2 aliphatic rings. The molecule has 1 saturated heterocycles. The zero-order valence-electron chi connectivity index (χ0n) is 15.2. The molecule has 0 radical (unpaired) electrons. The molecule has 138 valence electrons. The molecule has 27 heavy (non-hydrogen) atoms. The predicted octanol–water partition coefficient (Wildman–Crippen LogP) is 4.73. The first kappa shape index (κ1) is 18.0. The highest BCUT2D eigenvalue weighted by Crippen LogP contribution is 2.44. The minimum absolute atomic E-state index is 0.0931. The SMILES string of the molecule is CCON1CCC(C2c3ccc(Cl)cc3C=Cc3cccnc32)CC1=C=O. The molecule has 0 saturated carbocycles. The van der Waals surface area contributed by atoms with E-state index in [0.29, 0.717) is 25.3 Å². The zero-order valence-corrected chi connectivity index (χ0v) is 15.9. The van der Waals surface area contributed by atoms with Crippen LogP contribution in [-0.4, -0.2) is 29.1 Å². The quantitative estimate of drug-likeness (QED) is 0.722. The number of aromatic nitrogens is 1. The number of hydrogen-bond acceptors (Lipinski definition) is 4. The number of hydrogen-bond donors (Lipinski definition) is 0. The number of fused-ring (bicyclic) bond motifs is 2. The van der Waals surface area contributed by atoms with Gasteiger partial charge < -0.3 is 0 Å². The second kappa shape index (κ2) is 7.69. The van der Waals surface area contributed by atoms with E-state index in [4.69, 9.17) is 21.4 Å². The van der Waals surface area contributed by atoms with Crippen molar-refractivity contribution in [3.63, 3.8) is 0 Å². The normalized spacial score (nSPS) is 21.3. The summed E-state index contributed by atoms with van der Waals surface area (Å²) in [4.78, 5) is 21.9. The van der Waals surface area contributed by atoms with Crippen LogP contribution in [0.15, 0.2) is 42.2 Å². The van der Waals surface area contributed by atoms with Gasteiger partial charge in [0.2, 0.25) is 0 Å². The van der Waals surface area contributed by atoms with Crippen molar-refractivity contribution in [1.82, 2.24) is 10.0 Å². The van der Waals surface area contributed by atoms with Crippen LogP contribution in [0.25, 0.3) is 12.2 Å². The largest absolute Gasteiger partial charge is 0.273 e.